The Kier molecular flexibility index (Phi) is 5.76. The normalized spacial score (nSPS) is 22.0. The molecule has 1 aromatic rings. The molecular weight excluding hydrogens is 268 g/mol. The van der Waals surface area contributed by atoms with Crippen molar-refractivity contribution in [2.45, 2.75) is 45.4 Å². The molecule has 0 saturated carbocycles. The minimum absolute atomic E-state index is 0.149. The van der Waals surface area contributed by atoms with E-state index >= 15 is 0 Å². The number of carbonyl (C=O) groups is 1. The van der Waals surface area contributed by atoms with Crippen LogP contribution in [-0.2, 0) is 9.53 Å². The molecule has 2 rings (SSSR count). The summed E-state index contributed by atoms with van der Waals surface area (Å²) in [5, 5.41) is 7.55. The Morgan fingerprint density at radius 3 is 3.00 bits per heavy atom. The molecule has 6 heteroatoms. The van der Waals surface area contributed by atoms with Crippen LogP contribution in [0.25, 0.3) is 0 Å². The first-order valence-electron chi connectivity index (χ1n) is 7.73. The van der Waals surface area contributed by atoms with Gasteiger partial charge in [0.2, 0.25) is 5.91 Å². The molecule has 118 valence electrons. The van der Waals surface area contributed by atoms with E-state index in [1.165, 1.54) is 0 Å². The zero-order chi connectivity index (χ0) is 15.2. The SMILES string of the molecule is CC[C@@H]1CN(C(=O)CN[C@H](C)[C@H](C)n2cccn2)CCO1. The number of aromatic nitrogens is 2. The van der Waals surface area contributed by atoms with Gasteiger partial charge in [-0.3, -0.25) is 9.48 Å². The van der Waals surface area contributed by atoms with Crippen molar-refractivity contribution in [1.82, 2.24) is 20.0 Å². The summed E-state index contributed by atoms with van der Waals surface area (Å²) in [6, 6.07) is 2.30. The number of ether oxygens (including phenoxy) is 1. The predicted molar refractivity (Wildman–Crippen MR) is 81.0 cm³/mol. The summed E-state index contributed by atoms with van der Waals surface area (Å²) in [4.78, 5) is 14.2. The van der Waals surface area contributed by atoms with E-state index in [0.29, 0.717) is 26.2 Å². The molecule has 1 aromatic heterocycles. The molecule has 2 heterocycles. The Bertz CT molecular complexity index is 435. The molecule has 1 amide bonds. The van der Waals surface area contributed by atoms with Crippen LogP contribution in [0.3, 0.4) is 0 Å². The number of rotatable bonds is 6. The van der Waals surface area contributed by atoms with Crippen LogP contribution in [0.5, 0.6) is 0 Å². The minimum Gasteiger partial charge on any atom is -0.375 e. The average molecular weight is 294 g/mol. The highest BCUT2D eigenvalue weighted by Crippen LogP contribution is 2.10. The molecule has 1 aliphatic rings. The van der Waals surface area contributed by atoms with E-state index in [9.17, 15) is 4.79 Å². The van der Waals surface area contributed by atoms with Gasteiger partial charge in [-0.1, -0.05) is 6.92 Å². The average Bonchev–Trinajstić information content (AvgIpc) is 3.05. The highest BCUT2D eigenvalue weighted by atomic mass is 16.5. The van der Waals surface area contributed by atoms with Gasteiger partial charge in [0.05, 0.1) is 25.3 Å². The quantitative estimate of drug-likeness (QED) is 0.852. The first kappa shape index (κ1) is 16.0. The van der Waals surface area contributed by atoms with E-state index in [2.05, 4.69) is 31.2 Å². The van der Waals surface area contributed by atoms with Gasteiger partial charge in [0.1, 0.15) is 0 Å². The molecule has 1 fully saturated rings. The van der Waals surface area contributed by atoms with Gasteiger partial charge >= 0.3 is 0 Å². The first-order valence-corrected chi connectivity index (χ1v) is 7.73. The van der Waals surface area contributed by atoms with E-state index in [4.69, 9.17) is 4.74 Å². The number of nitrogens with one attached hydrogen (secondary N) is 1. The summed E-state index contributed by atoms with van der Waals surface area (Å²) in [5.74, 6) is 0.149. The Morgan fingerprint density at radius 1 is 1.52 bits per heavy atom. The molecule has 6 nitrogen and oxygen atoms in total. The number of amides is 1. The lowest BCUT2D eigenvalue weighted by Gasteiger charge is -2.33. The molecule has 1 aliphatic heterocycles. The summed E-state index contributed by atoms with van der Waals surface area (Å²) < 4.78 is 7.50. The van der Waals surface area contributed by atoms with Crippen molar-refractivity contribution in [1.29, 1.82) is 0 Å². The second kappa shape index (κ2) is 7.56. The molecule has 0 aliphatic carbocycles. The molecule has 0 aromatic carbocycles. The summed E-state index contributed by atoms with van der Waals surface area (Å²) in [5.41, 5.74) is 0. The van der Waals surface area contributed by atoms with Gasteiger partial charge in [-0.15, -0.1) is 0 Å². The molecular formula is C15H26N4O2. The van der Waals surface area contributed by atoms with Gasteiger partial charge in [-0.05, 0) is 26.3 Å². The minimum atomic E-state index is 0.149. The Hall–Kier alpha value is -1.40. The van der Waals surface area contributed by atoms with Gasteiger partial charge in [-0.2, -0.15) is 5.10 Å². The largest absolute Gasteiger partial charge is 0.375 e. The Labute approximate surface area is 126 Å². The molecule has 1 N–H and O–H groups in total. The smallest absolute Gasteiger partial charge is 0.236 e. The van der Waals surface area contributed by atoms with Crippen molar-refractivity contribution in [3.05, 3.63) is 18.5 Å². The van der Waals surface area contributed by atoms with E-state index in [1.54, 1.807) is 6.20 Å². The molecule has 1 saturated heterocycles. The lowest BCUT2D eigenvalue weighted by Crippen LogP contribution is -2.49. The van der Waals surface area contributed by atoms with Crippen molar-refractivity contribution in [2.75, 3.05) is 26.2 Å². The van der Waals surface area contributed by atoms with Crippen LogP contribution < -0.4 is 5.32 Å². The zero-order valence-corrected chi connectivity index (χ0v) is 13.2. The first-order chi connectivity index (χ1) is 10.1. The van der Waals surface area contributed by atoms with Crippen molar-refractivity contribution in [3.63, 3.8) is 0 Å². The maximum Gasteiger partial charge on any atom is 0.236 e. The van der Waals surface area contributed by atoms with Crippen LogP contribution in [0.2, 0.25) is 0 Å². The third-order valence-corrected chi connectivity index (χ3v) is 4.19. The van der Waals surface area contributed by atoms with Gasteiger partial charge < -0.3 is 15.0 Å². The number of carbonyl (C=O) groups excluding carboxylic acids is 1. The van der Waals surface area contributed by atoms with E-state index < -0.39 is 0 Å². The van der Waals surface area contributed by atoms with Crippen molar-refractivity contribution < 1.29 is 9.53 Å². The van der Waals surface area contributed by atoms with Crippen molar-refractivity contribution in [3.8, 4) is 0 Å². The highest BCUT2D eigenvalue weighted by Gasteiger charge is 2.23. The maximum atomic E-state index is 12.3. The van der Waals surface area contributed by atoms with E-state index in [1.807, 2.05) is 21.8 Å². The topological polar surface area (TPSA) is 59.4 Å². The molecule has 0 spiro atoms. The second-order valence-corrected chi connectivity index (χ2v) is 5.64. The molecule has 3 atom stereocenters. The van der Waals surface area contributed by atoms with Crippen LogP contribution in [-0.4, -0.2) is 59.0 Å². The van der Waals surface area contributed by atoms with E-state index in [0.717, 1.165) is 6.42 Å². The number of hydrogen-bond acceptors (Lipinski definition) is 4. The van der Waals surface area contributed by atoms with Gasteiger partial charge in [0.15, 0.2) is 0 Å². The van der Waals surface area contributed by atoms with Gasteiger partial charge in [-0.25, -0.2) is 0 Å². The fourth-order valence-corrected chi connectivity index (χ4v) is 2.47. The number of nitrogens with zero attached hydrogens (tertiary/aromatic N) is 3. The van der Waals surface area contributed by atoms with Crippen molar-refractivity contribution >= 4 is 5.91 Å². The molecule has 21 heavy (non-hydrogen) atoms. The lowest BCUT2D eigenvalue weighted by atomic mass is 10.1. The number of hydrogen-bond donors (Lipinski definition) is 1. The molecule has 0 bridgehead atoms. The molecule has 0 radical (unpaired) electrons. The number of morpholine rings is 1. The Balaban J connectivity index is 1.78. The fraction of sp³-hybridized carbons (Fsp3) is 0.733. The lowest BCUT2D eigenvalue weighted by molar-refractivity contribution is -0.138. The van der Waals surface area contributed by atoms with E-state index in [-0.39, 0.29) is 24.1 Å². The second-order valence-electron chi connectivity index (χ2n) is 5.64. The summed E-state index contributed by atoms with van der Waals surface area (Å²) >= 11 is 0. The predicted octanol–water partition coefficient (Wildman–Crippen LogP) is 1.06. The maximum absolute atomic E-state index is 12.3. The van der Waals surface area contributed by atoms with Crippen LogP contribution in [0.1, 0.15) is 33.2 Å². The summed E-state index contributed by atoms with van der Waals surface area (Å²) in [7, 11) is 0. The van der Waals surface area contributed by atoms with Crippen LogP contribution >= 0.6 is 0 Å². The third kappa shape index (κ3) is 4.28. The van der Waals surface area contributed by atoms with Crippen LogP contribution in [0, 0.1) is 0 Å². The monoisotopic (exact) mass is 294 g/mol. The van der Waals surface area contributed by atoms with Gasteiger partial charge in [0.25, 0.3) is 0 Å². The zero-order valence-electron chi connectivity index (χ0n) is 13.2. The fourth-order valence-electron chi connectivity index (χ4n) is 2.47. The Morgan fingerprint density at radius 2 is 2.33 bits per heavy atom. The molecule has 0 unspecified atom stereocenters. The van der Waals surface area contributed by atoms with Crippen molar-refractivity contribution in [2.24, 2.45) is 0 Å². The van der Waals surface area contributed by atoms with Crippen LogP contribution in [0.4, 0.5) is 0 Å². The highest BCUT2D eigenvalue weighted by molar-refractivity contribution is 5.78. The summed E-state index contributed by atoms with van der Waals surface area (Å²) in [6.45, 7) is 8.67. The standard InChI is InChI=1S/C15H26N4O2/c1-4-14-11-18(8-9-21-14)15(20)10-16-12(2)13(3)19-7-5-6-17-19/h5-7,12-14,16H,4,8-11H2,1-3H3/t12-,13+,14-/m1/s1. The third-order valence-electron chi connectivity index (χ3n) is 4.19. The summed E-state index contributed by atoms with van der Waals surface area (Å²) in [6.07, 6.45) is 4.85. The van der Waals surface area contributed by atoms with Crippen LogP contribution in [0.15, 0.2) is 18.5 Å². The van der Waals surface area contributed by atoms with Gasteiger partial charge in [0, 0.05) is 31.5 Å².